The number of nitrogens with one attached hydrogen (secondary N) is 1. The lowest BCUT2D eigenvalue weighted by Gasteiger charge is -1.97. The van der Waals surface area contributed by atoms with Crippen LogP contribution in [0.5, 0.6) is 0 Å². The lowest BCUT2D eigenvalue weighted by Crippen LogP contribution is -2.17. The topological polar surface area (TPSA) is 114 Å². The second kappa shape index (κ2) is 3.57. The summed E-state index contributed by atoms with van der Waals surface area (Å²) in [7, 11) is 1.17. The normalized spacial score (nSPS) is 11.3. The lowest BCUT2D eigenvalue weighted by atomic mass is 10.3. The SMILES string of the molecule is COC(=O)C(=NO)c1cnc(N)[nH]1. The van der Waals surface area contributed by atoms with Gasteiger partial charge in [-0.1, -0.05) is 5.16 Å². The maximum absolute atomic E-state index is 11.0. The zero-order valence-corrected chi connectivity index (χ0v) is 6.81. The lowest BCUT2D eigenvalue weighted by molar-refractivity contribution is -0.132. The van der Waals surface area contributed by atoms with Crippen molar-refractivity contribution in [3.05, 3.63) is 11.9 Å². The number of anilines is 1. The Kier molecular flexibility index (Phi) is 2.48. The quantitative estimate of drug-likeness (QED) is 0.244. The summed E-state index contributed by atoms with van der Waals surface area (Å²) in [4.78, 5) is 17.1. The molecule has 7 nitrogen and oxygen atoms in total. The highest BCUT2D eigenvalue weighted by atomic mass is 16.5. The number of imidazole rings is 1. The molecule has 0 atom stereocenters. The largest absolute Gasteiger partial charge is 0.464 e. The molecule has 1 aromatic rings. The van der Waals surface area contributed by atoms with E-state index < -0.39 is 5.97 Å². The molecule has 1 heterocycles. The van der Waals surface area contributed by atoms with Crippen LogP contribution in [0.1, 0.15) is 5.69 Å². The fraction of sp³-hybridized carbons (Fsp3) is 0.167. The number of rotatable bonds is 2. The molecule has 0 aliphatic carbocycles. The van der Waals surface area contributed by atoms with Crippen LogP contribution in [-0.4, -0.2) is 34.0 Å². The second-order valence-electron chi connectivity index (χ2n) is 2.12. The summed E-state index contributed by atoms with van der Waals surface area (Å²) in [6.07, 6.45) is 1.27. The van der Waals surface area contributed by atoms with E-state index in [1.807, 2.05) is 0 Å². The molecule has 70 valence electrons. The molecule has 0 fully saturated rings. The predicted octanol–water partition coefficient (Wildman–Crippen LogP) is -0.657. The van der Waals surface area contributed by atoms with Gasteiger partial charge in [-0.3, -0.25) is 0 Å². The van der Waals surface area contributed by atoms with Gasteiger partial charge in [0.2, 0.25) is 5.71 Å². The third kappa shape index (κ3) is 1.75. The smallest absolute Gasteiger partial charge is 0.362 e. The number of oxime groups is 1. The molecule has 0 bridgehead atoms. The number of H-pyrrole nitrogens is 1. The van der Waals surface area contributed by atoms with E-state index in [2.05, 4.69) is 19.9 Å². The molecule has 13 heavy (non-hydrogen) atoms. The average molecular weight is 184 g/mol. The number of ether oxygens (including phenoxy) is 1. The Balaban J connectivity index is 2.99. The Hall–Kier alpha value is -2.05. The van der Waals surface area contributed by atoms with Crippen LogP contribution in [0.2, 0.25) is 0 Å². The summed E-state index contributed by atoms with van der Waals surface area (Å²) >= 11 is 0. The number of hydrogen-bond donors (Lipinski definition) is 3. The van der Waals surface area contributed by atoms with Crippen molar-refractivity contribution in [1.29, 1.82) is 0 Å². The van der Waals surface area contributed by atoms with Crippen molar-refractivity contribution in [3.63, 3.8) is 0 Å². The van der Waals surface area contributed by atoms with Gasteiger partial charge in [0.15, 0.2) is 5.95 Å². The Bertz CT molecular complexity index is 343. The van der Waals surface area contributed by atoms with Crippen LogP contribution in [0.3, 0.4) is 0 Å². The van der Waals surface area contributed by atoms with Crippen LogP contribution < -0.4 is 5.73 Å². The predicted molar refractivity (Wildman–Crippen MR) is 43.3 cm³/mol. The average Bonchev–Trinajstić information content (AvgIpc) is 2.53. The van der Waals surface area contributed by atoms with Crippen LogP contribution >= 0.6 is 0 Å². The van der Waals surface area contributed by atoms with E-state index >= 15 is 0 Å². The van der Waals surface area contributed by atoms with Crippen molar-refractivity contribution in [2.75, 3.05) is 12.8 Å². The van der Waals surface area contributed by atoms with Gasteiger partial charge in [0.05, 0.1) is 19.0 Å². The van der Waals surface area contributed by atoms with Gasteiger partial charge in [0.25, 0.3) is 0 Å². The highest BCUT2D eigenvalue weighted by Crippen LogP contribution is 2.01. The first-order valence-electron chi connectivity index (χ1n) is 3.30. The first-order valence-corrected chi connectivity index (χ1v) is 3.30. The van der Waals surface area contributed by atoms with Crippen LogP contribution in [0.25, 0.3) is 0 Å². The van der Waals surface area contributed by atoms with Crippen molar-refractivity contribution in [1.82, 2.24) is 9.97 Å². The highest BCUT2D eigenvalue weighted by molar-refractivity contribution is 6.42. The Morgan fingerprint density at radius 1 is 1.85 bits per heavy atom. The molecule has 7 heteroatoms. The molecular formula is C6H8N4O3. The molecule has 0 aliphatic heterocycles. The zero-order chi connectivity index (χ0) is 9.84. The van der Waals surface area contributed by atoms with Crippen LogP contribution in [0.15, 0.2) is 11.4 Å². The molecule has 0 saturated heterocycles. The summed E-state index contributed by atoms with van der Waals surface area (Å²) in [5.41, 5.74) is 5.19. The Morgan fingerprint density at radius 3 is 2.92 bits per heavy atom. The number of nitrogens with zero attached hydrogens (tertiary/aromatic N) is 2. The van der Waals surface area contributed by atoms with E-state index in [-0.39, 0.29) is 17.4 Å². The molecule has 1 aromatic heterocycles. The fourth-order valence-electron chi connectivity index (χ4n) is 0.758. The van der Waals surface area contributed by atoms with E-state index in [0.717, 1.165) is 0 Å². The molecular weight excluding hydrogens is 176 g/mol. The maximum atomic E-state index is 11.0. The van der Waals surface area contributed by atoms with E-state index in [1.54, 1.807) is 0 Å². The summed E-state index contributed by atoms with van der Waals surface area (Å²) in [6, 6.07) is 0. The molecule has 0 amide bonds. The first kappa shape index (κ1) is 9.04. The van der Waals surface area contributed by atoms with Gasteiger partial charge in [0, 0.05) is 0 Å². The van der Waals surface area contributed by atoms with Gasteiger partial charge < -0.3 is 20.7 Å². The molecule has 0 aliphatic rings. The summed E-state index contributed by atoms with van der Waals surface area (Å²) in [5.74, 6) is -0.647. The van der Waals surface area contributed by atoms with Crippen molar-refractivity contribution < 1.29 is 14.7 Å². The number of aromatic nitrogens is 2. The third-order valence-corrected chi connectivity index (χ3v) is 1.33. The summed E-state index contributed by atoms with van der Waals surface area (Å²) in [6.45, 7) is 0. The summed E-state index contributed by atoms with van der Waals surface area (Å²) in [5, 5.41) is 11.2. The van der Waals surface area contributed by atoms with Crippen molar-refractivity contribution in [2.45, 2.75) is 0 Å². The molecule has 1 rings (SSSR count). The monoisotopic (exact) mass is 184 g/mol. The molecule has 0 aromatic carbocycles. The van der Waals surface area contributed by atoms with Crippen molar-refractivity contribution in [3.8, 4) is 0 Å². The minimum absolute atomic E-state index is 0.125. The van der Waals surface area contributed by atoms with Gasteiger partial charge in [-0.2, -0.15) is 0 Å². The van der Waals surface area contributed by atoms with Gasteiger partial charge in [-0.15, -0.1) is 0 Å². The van der Waals surface area contributed by atoms with Crippen LogP contribution in [0, 0.1) is 0 Å². The fourth-order valence-corrected chi connectivity index (χ4v) is 0.758. The van der Waals surface area contributed by atoms with Crippen molar-refractivity contribution in [2.24, 2.45) is 5.16 Å². The maximum Gasteiger partial charge on any atom is 0.362 e. The number of nitrogens with two attached hydrogens (primary N) is 1. The van der Waals surface area contributed by atoms with E-state index in [0.29, 0.717) is 0 Å². The van der Waals surface area contributed by atoms with E-state index in [9.17, 15) is 4.79 Å². The van der Waals surface area contributed by atoms with Gasteiger partial charge in [0.1, 0.15) is 0 Å². The molecule has 0 unspecified atom stereocenters. The minimum Gasteiger partial charge on any atom is -0.464 e. The Morgan fingerprint density at radius 2 is 2.54 bits per heavy atom. The number of nitrogen functional groups attached to an aromatic ring is 1. The van der Waals surface area contributed by atoms with Crippen LogP contribution in [-0.2, 0) is 9.53 Å². The van der Waals surface area contributed by atoms with Crippen molar-refractivity contribution >= 4 is 17.6 Å². The number of carbonyl (C=O) groups excluding carboxylic acids is 1. The number of esters is 1. The summed E-state index contributed by atoms with van der Waals surface area (Å²) < 4.78 is 4.35. The highest BCUT2D eigenvalue weighted by Gasteiger charge is 2.17. The third-order valence-electron chi connectivity index (χ3n) is 1.33. The van der Waals surface area contributed by atoms with Gasteiger partial charge in [-0.25, -0.2) is 9.78 Å². The second-order valence-corrected chi connectivity index (χ2v) is 2.12. The first-order chi connectivity index (χ1) is 6.19. The van der Waals surface area contributed by atoms with E-state index in [1.165, 1.54) is 13.3 Å². The van der Waals surface area contributed by atoms with Crippen LogP contribution in [0.4, 0.5) is 5.95 Å². The molecule has 0 saturated carbocycles. The Labute approximate surface area is 73.2 Å². The van der Waals surface area contributed by atoms with Gasteiger partial charge in [-0.05, 0) is 0 Å². The zero-order valence-electron chi connectivity index (χ0n) is 6.81. The minimum atomic E-state index is -0.772. The molecule has 0 spiro atoms. The molecule has 4 N–H and O–H groups in total. The van der Waals surface area contributed by atoms with E-state index in [4.69, 9.17) is 10.9 Å². The number of hydrogen-bond acceptors (Lipinski definition) is 6. The van der Waals surface area contributed by atoms with Gasteiger partial charge >= 0.3 is 5.97 Å². The number of carbonyl (C=O) groups is 1. The standard InChI is InChI=1S/C6H8N4O3/c1-13-5(11)4(10-12)3-2-8-6(7)9-3/h2,12H,1H3,(H3,7,8,9). The number of methoxy groups -OCH3 is 1. The number of aromatic amines is 1. The molecule has 0 radical (unpaired) electrons.